The smallest absolute Gasteiger partial charge is 0.240 e. The predicted molar refractivity (Wildman–Crippen MR) is 113 cm³/mol. The quantitative estimate of drug-likeness (QED) is 0.747. The standard InChI is InChI=1S/C22H25ClN2O4/c1-5-29-18-9-6-14(10-19(18)28-4)12-24-20(26)13-25-17-8-7-15(23)11-16(17)22(2,3)21(25)27/h6-11H,5,12-13H2,1-4H3,(H,24,26). The first-order valence-electron chi connectivity index (χ1n) is 9.46. The van der Waals surface area contributed by atoms with E-state index in [2.05, 4.69) is 5.32 Å². The van der Waals surface area contributed by atoms with Gasteiger partial charge >= 0.3 is 0 Å². The summed E-state index contributed by atoms with van der Waals surface area (Å²) in [6.45, 7) is 6.40. The van der Waals surface area contributed by atoms with Crippen LogP contribution < -0.4 is 19.7 Å². The van der Waals surface area contributed by atoms with Crippen molar-refractivity contribution >= 4 is 29.1 Å². The van der Waals surface area contributed by atoms with Gasteiger partial charge in [-0.15, -0.1) is 0 Å². The molecule has 2 amide bonds. The fourth-order valence-corrected chi connectivity index (χ4v) is 3.63. The molecule has 0 fully saturated rings. The maximum atomic E-state index is 12.9. The summed E-state index contributed by atoms with van der Waals surface area (Å²) < 4.78 is 10.8. The summed E-state index contributed by atoms with van der Waals surface area (Å²) in [4.78, 5) is 26.9. The van der Waals surface area contributed by atoms with Gasteiger partial charge in [0.1, 0.15) is 6.54 Å². The van der Waals surface area contributed by atoms with Crippen molar-refractivity contribution in [3.63, 3.8) is 0 Å². The normalized spacial score (nSPS) is 14.5. The van der Waals surface area contributed by atoms with E-state index >= 15 is 0 Å². The van der Waals surface area contributed by atoms with Crippen molar-refractivity contribution < 1.29 is 19.1 Å². The topological polar surface area (TPSA) is 67.9 Å². The minimum atomic E-state index is -0.719. The number of methoxy groups -OCH3 is 1. The average molecular weight is 417 g/mol. The lowest BCUT2D eigenvalue weighted by atomic mass is 9.86. The van der Waals surface area contributed by atoms with Crippen LogP contribution in [0.1, 0.15) is 31.9 Å². The summed E-state index contributed by atoms with van der Waals surface area (Å²) in [5.74, 6) is 0.906. The molecule has 1 N–H and O–H groups in total. The van der Waals surface area contributed by atoms with E-state index in [1.165, 1.54) is 4.90 Å². The van der Waals surface area contributed by atoms with Crippen LogP contribution >= 0.6 is 11.6 Å². The molecule has 0 saturated heterocycles. The summed E-state index contributed by atoms with van der Waals surface area (Å²) >= 11 is 6.10. The lowest BCUT2D eigenvalue weighted by Gasteiger charge is -2.20. The van der Waals surface area contributed by atoms with Crippen molar-refractivity contribution in [3.8, 4) is 11.5 Å². The van der Waals surface area contributed by atoms with Gasteiger partial charge in [-0.3, -0.25) is 9.59 Å². The molecular weight excluding hydrogens is 392 g/mol. The summed E-state index contributed by atoms with van der Waals surface area (Å²) in [5, 5.41) is 3.43. The van der Waals surface area contributed by atoms with Gasteiger partial charge in [-0.05, 0) is 62.2 Å². The Morgan fingerprint density at radius 3 is 2.62 bits per heavy atom. The van der Waals surface area contributed by atoms with E-state index in [9.17, 15) is 9.59 Å². The first kappa shape index (κ1) is 21.0. The Balaban J connectivity index is 1.68. The molecule has 29 heavy (non-hydrogen) atoms. The average Bonchev–Trinajstić information content (AvgIpc) is 2.88. The highest BCUT2D eigenvalue weighted by Crippen LogP contribution is 2.42. The molecule has 0 saturated carbocycles. The molecule has 2 aromatic rings. The number of carbonyl (C=O) groups excluding carboxylic acids is 2. The molecule has 0 aromatic heterocycles. The van der Waals surface area contributed by atoms with Gasteiger partial charge in [0.2, 0.25) is 11.8 Å². The molecule has 6 nitrogen and oxygen atoms in total. The summed E-state index contributed by atoms with van der Waals surface area (Å²) in [5.41, 5.74) is 1.71. The second-order valence-corrected chi connectivity index (χ2v) is 7.81. The third-order valence-electron chi connectivity index (χ3n) is 5.02. The van der Waals surface area contributed by atoms with Crippen LogP contribution in [-0.2, 0) is 21.5 Å². The van der Waals surface area contributed by atoms with E-state index < -0.39 is 5.41 Å². The third kappa shape index (κ3) is 4.17. The molecule has 7 heteroatoms. The van der Waals surface area contributed by atoms with Crippen LogP contribution in [0.5, 0.6) is 11.5 Å². The Labute approximate surface area is 175 Å². The molecule has 2 aromatic carbocycles. The molecule has 154 valence electrons. The Hall–Kier alpha value is -2.73. The Kier molecular flexibility index (Phi) is 6.03. The fourth-order valence-electron chi connectivity index (χ4n) is 3.46. The van der Waals surface area contributed by atoms with Crippen LogP contribution in [0.15, 0.2) is 36.4 Å². The number of carbonyl (C=O) groups is 2. The van der Waals surface area contributed by atoms with Crippen molar-refractivity contribution in [1.82, 2.24) is 5.32 Å². The molecule has 1 aliphatic rings. The van der Waals surface area contributed by atoms with Gasteiger partial charge in [0, 0.05) is 17.3 Å². The van der Waals surface area contributed by atoms with Crippen LogP contribution in [0.25, 0.3) is 0 Å². The van der Waals surface area contributed by atoms with Gasteiger partial charge in [-0.2, -0.15) is 0 Å². The van der Waals surface area contributed by atoms with E-state index in [-0.39, 0.29) is 18.4 Å². The number of anilines is 1. The molecule has 1 aliphatic heterocycles. The first-order valence-corrected chi connectivity index (χ1v) is 9.84. The highest BCUT2D eigenvalue weighted by molar-refractivity contribution is 6.31. The number of nitrogens with zero attached hydrogens (tertiary/aromatic N) is 1. The summed E-state index contributed by atoms with van der Waals surface area (Å²) in [7, 11) is 1.57. The van der Waals surface area contributed by atoms with Gasteiger partial charge in [-0.25, -0.2) is 0 Å². The molecule has 0 aliphatic carbocycles. The van der Waals surface area contributed by atoms with Crippen molar-refractivity contribution in [2.75, 3.05) is 25.2 Å². The number of hydrogen-bond donors (Lipinski definition) is 1. The Bertz CT molecular complexity index is 942. The van der Waals surface area contributed by atoms with E-state index in [1.807, 2.05) is 39.0 Å². The minimum Gasteiger partial charge on any atom is -0.493 e. The largest absolute Gasteiger partial charge is 0.493 e. The van der Waals surface area contributed by atoms with Gasteiger partial charge in [0.05, 0.1) is 19.1 Å². The molecule has 0 radical (unpaired) electrons. The lowest BCUT2D eigenvalue weighted by molar-refractivity contribution is -0.125. The van der Waals surface area contributed by atoms with E-state index in [1.54, 1.807) is 25.3 Å². The third-order valence-corrected chi connectivity index (χ3v) is 5.26. The number of amides is 2. The monoisotopic (exact) mass is 416 g/mol. The van der Waals surface area contributed by atoms with E-state index in [0.717, 1.165) is 16.8 Å². The molecule has 3 rings (SSSR count). The van der Waals surface area contributed by atoms with E-state index in [4.69, 9.17) is 21.1 Å². The molecule has 0 bridgehead atoms. The van der Waals surface area contributed by atoms with Gasteiger partial charge in [-0.1, -0.05) is 17.7 Å². The Morgan fingerprint density at radius 2 is 1.93 bits per heavy atom. The van der Waals surface area contributed by atoms with Crippen molar-refractivity contribution in [2.24, 2.45) is 0 Å². The zero-order valence-corrected chi connectivity index (χ0v) is 17.8. The van der Waals surface area contributed by atoms with Crippen LogP contribution in [0.4, 0.5) is 5.69 Å². The zero-order chi connectivity index (χ0) is 21.2. The molecular formula is C22H25ClN2O4. The molecule has 0 atom stereocenters. The predicted octanol–water partition coefficient (Wildman–Crippen LogP) is 3.69. The first-order chi connectivity index (χ1) is 13.8. The van der Waals surface area contributed by atoms with Gasteiger partial charge < -0.3 is 19.7 Å². The number of halogens is 1. The fraction of sp³-hybridized carbons (Fsp3) is 0.364. The van der Waals surface area contributed by atoms with Crippen molar-refractivity contribution in [1.29, 1.82) is 0 Å². The van der Waals surface area contributed by atoms with E-state index in [0.29, 0.717) is 29.7 Å². The van der Waals surface area contributed by atoms with Crippen LogP contribution in [-0.4, -0.2) is 32.1 Å². The molecule has 1 heterocycles. The zero-order valence-electron chi connectivity index (χ0n) is 17.0. The second kappa shape index (κ2) is 8.33. The van der Waals surface area contributed by atoms with Crippen LogP contribution in [0, 0.1) is 0 Å². The van der Waals surface area contributed by atoms with Crippen molar-refractivity contribution in [2.45, 2.75) is 32.7 Å². The number of nitrogens with one attached hydrogen (secondary N) is 1. The Morgan fingerprint density at radius 1 is 1.17 bits per heavy atom. The molecule has 0 spiro atoms. The minimum absolute atomic E-state index is 0.0505. The SMILES string of the molecule is CCOc1ccc(CNC(=O)CN2C(=O)C(C)(C)c3cc(Cl)ccc32)cc1OC. The lowest BCUT2D eigenvalue weighted by Crippen LogP contribution is -2.42. The van der Waals surface area contributed by atoms with Gasteiger partial charge in [0.15, 0.2) is 11.5 Å². The number of hydrogen-bond acceptors (Lipinski definition) is 4. The van der Waals surface area contributed by atoms with Crippen LogP contribution in [0.2, 0.25) is 5.02 Å². The maximum Gasteiger partial charge on any atom is 0.240 e. The molecule has 0 unspecified atom stereocenters. The number of benzene rings is 2. The number of ether oxygens (including phenoxy) is 2. The number of rotatable bonds is 7. The maximum absolute atomic E-state index is 12.9. The number of fused-ring (bicyclic) bond motifs is 1. The van der Waals surface area contributed by atoms with Crippen LogP contribution in [0.3, 0.4) is 0 Å². The van der Waals surface area contributed by atoms with Gasteiger partial charge in [0.25, 0.3) is 0 Å². The highest BCUT2D eigenvalue weighted by atomic mass is 35.5. The summed E-state index contributed by atoms with van der Waals surface area (Å²) in [6.07, 6.45) is 0. The summed E-state index contributed by atoms with van der Waals surface area (Å²) in [6, 6.07) is 10.8. The second-order valence-electron chi connectivity index (χ2n) is 7.37. The van der Waals surface area contributed by atoms with Crippen molar-refractivity contribution in [3.05, 3.63) is 52.5 Å². The highest BCUT2D eigenvalue weighted by Gasteiger charge is 2.44.